The number of aromatic nitrogens is 1. The SMILES string of the molecule is CC(C)c1ccc2nc(-c3ccc(F)cc3)oc2c1. The van der Waals surface area contributed by atoms with Crippen LogP contribution in [0.5, 0.6) is 0 Å². The van der Waals surface area contributed by atoms with Gasteiger partial charge in [-0.25, -0.2) is 9.37 Å². The van der Waals surface area contributed by atoms with Gasteiger partial charge in [0, 0.05) is 5.56 Å². The highest BCUT2D eigenvalue weighted by Gasteiger charge is 2.09. The molecule has 0 aliphatic rings. The molecule has 96 valence electrons. The molecule has 2 aromatic carbocycles. The van der Waals surface area contributed by atoms with Gasteiger partial charge >= 0.3 is 0 Å². The van der Waals surface area contributed by atoms with Crippen LogP contribution in [-0.4, -0.2) is 4.98 Å². The van der Waals surface area contributed by atoms with Crippen LogP contribution in [0.1, 0.15) is 25.3 Å². The van der Waals surface area contributed by atoms with E-state index >= 15 is 0 Å². The maximum Gasteiger partial charge on any atom is 0.227 e. The van der Waals surface area contributed by atoms with Gasteiger partial charge in [-0.3, -0.25) is 0 Å². The average molecular weight is 255 g/mol. The summed E-state index contributed by atoms with van der Waals surface area (Å²) < 4.78 is 18.6. The lowest BCUT2D eigenvalue weighted by Gasteiger charge is -2.02. The quantitative estimate of drug-likeness (QED) is 0.660. The molecule has 0 aliphatic carbocycles. The molecule has 0 aliphatic heterocycles. The minimum Gasteiger partial charge on any atom is -0.436 e. The topological polar surface area (TPSA) is 26.0 Å². The average Bonchev–Trinajstić information content (AvgIpc) is 2.82. The molecule has 0 unspecified atom stereocenters. The summed E-state index contributed by atoms with van der Waals surface area (Å²) >= 11 is 0. The molecule has 1 heterocycles. The van der Waals surface area contributed by atoms with Crippen molar-refractivity contribution in [2.24, 2.45) is 0 Å². The maximum absolute atomic E-state index is 12.9. The van der Waals surface area contributed by atoms with E-state index in [-0.39, 0.29) is 5.82 Å². The Balaban J connectivity index is 2.08. The van der Waals surface area contributed by atoms with Crippen LogP contribution in [0.3, 0.4) is 0 Å². The Labute approximate surface area is 110 Å². The fourth-order valence-corrected chi connectivity index (χ4v) is 2.02. The molecule has 0 bridgehead atoms. The molecule has 3 rings (SSSR count). The lowest BCUT2D eigenvalue weighted by molar-refractivity contribution is 0.615. The van der Waals surface area contributed by atoms with Crippen molar-refractivity contribution in [1.82, 2.24) is 4.98 Å². The molecular formula is C16H14FNO. The van der Waals surface area contributed by atoms with E-state index in [1.54, 1.807) is 12.1 Å². The largest absolute Gasteiger partial charge is 0.436 e. The lowest BCUT2D eigenvalue weighted by Crippen LogP contribution is -1.85. The van der Waals surface area contributed by atoms with Gasteiger partial charge in [-0.2, -0.15) is 0 Å². The van der Waals surface area contributed by atoms with Gasteiger partial charge in [-0.05, 0) is 47.9 Å². The smallest absolute Gasteiger partial charge is 0.227 e. The first kappa shape index (κ1) is 11.9. The highest BCUT2D eigenvalue weighted by Crippen LogP contribution is 2.27. The first-order valence-electron chi connectivity index (χ1n) is 6.30. The molecule has 0 amide bonds. The van der Waals surface area contributed by atoms with Crippen LogP contribution in [0.2, 0.25) is 0 Å². The van der Waals surface area contributed by atoms with Crippen molar-refractivity contribution >= 4 is 11.1 Å². The van der Waals surface area contributed by atoms with E-state index in [0.717, 1.165) is 16.7 Å². The van der Waals surface area contributed by atoms with E-state index in [4.69, 9.17) is 4.42 Å². The molecule has 0 N–H and O–H groups in total. The Bertz CT molecular complexity index is 713. The molecule has 3 aromatic rings. The third-order valence-corrected chi connectivity index (χ3v) is 3.17. The third-order valence-electron chi connectivity index (χ3n) is 3.17. The number of rotatable bonds is 2. The molecule has 2 nitrogen and oxygen atoms in total. The summed E-state index contributed by atoms with van der Waals surface area (Å²) in [6, 6.07) is 12.2. The van der Waals surface area contributed by atoms with Gasteiger partial charge in [0.25, 0.3) is 0 Å². The van der Waals surface area contributed by atoms with Crippen molar-refractivity contribution < 1.29 is 8.81 Å². The van der Waals surface area contributed by atoms with Crippen LogP contribution in [0.4, 0.5) is 4.39 Å². The van der Waals surface area contributed by atoms with Gasteiger partial charge in [0.2, 0.25) is 5.89 Å². The van der Waals surface area contributed by atoms with Crippen molar-refractivity contribution in [2.45, 2.75) is 19.8 Å². The summed E-state index contributed by atoms with van der Waals surface area (Å²) in [5, 5.41) is 0. The van der Waals surface area contributed by atoms with E-state index in [1.807, 2.05) is 12.1 Å². The zero-order valence-electron chi connectivity index (χ0n) is 10.9. The van der Waals surface area contributed by atoms with Gasteiger partial charge in [0.1, 0.15) is 11.3 Å². The van der Waals surface area contributed by atoms with Gasteiger partial charge in [-0.1, -0.05) is 19.9 Å². The number of hydrogen-bond acceptors (Lipinski definition) is 2. The number of benzene rings is 2. The summed E-state index contributed by atoms with van der Waals surface area (Å²) in [6.07, 6.45) is 0. The van der Waals surface area contributed by atoms with Crippen LogP contribution in [-0.2, 0) is 0 Å². The summed E-state index contributed by atoms with van der Waals surface area (Å²) in [5.41, 5.74) is 3.59. The molecular weight excluding hydrogens is 241 g/mol. The lowest BCUT2D eigenvalue weighted by atomic mass is 10.0. The first-order valence-corrected chi connectivity index (χ1v) is 6.30. The Hall–Kier alpha value is -2.16. The van der Waals surface area contributed by atoms with E-state index in [0.29, 0.717) is 11.8 Å². The minimum absolute atomic E-state index is 0.262. The Morgan fingerprint density at radius 1 is 1.05 bits per heavy atom. The Kier molecular flexibility index (Phi) is 2.82. The molecule has 0 saturated carbocycles. The highest BCUT2D eigenvalue weighted by molar-refractivity contribution is 5.77. The summed E-state index contributed by atoms with van der Waals surface area (Å²) in [5.74, 6) is 0.710. The monoisotopic (exact) mass is 255 g/mol. The molecule has 0 saturated heterocycles. The van der Waals surface area contributed by atoms with Crippen LogP contribution < -0.4 is 0 Å². The molecule has 0 spiro atoms. The zero-order valence-corrected chi connectivity index (χ0v) is 10.9. The number of oxazole rings is 1. The van der Waals surface area contributed by atoms with E-state index in [9.17, 15) is 4.39 Å². The van der Waals surface area contributed by atoms with Crippen LogP contribution in [0.25, 0.3) is 22.6 Å². The van der Waals surface area contributed by atoms with E-state index < -0.39 is 0 Å². The highest BCUT2D eigenvalue weighted by atomic mass is 19.1. The minimum atomic E-state index is -0.262. The molecule has 0 fully saturated rings. The van der Waals surface area contributed by atoms with Crippen molar-refractivity contribution in [3.8, 4) is 11.5 Å². The second-order valence-electron chi connectivity index (χ2n) is 4.91. The molecule has 3 heteroatoms. The third kappa shape index (κ3) is 2.24. The van der Waals surface area contributed by atoms with Crippen molar-refractivity contribution in [1.29, 1.82) is 0 Å². The summed E-state index contributed by atoms with van der Waals surface area (Å²) in [4.78, 5) is 4.42. The fraction of sp³-hybridized carbons (Fsp3) is 0.188. The number of nitrogens with zero attached hydrogens (tertiary/aromatic N) is 1. The molecule has 19 heavy (non-hydrogen) atoms. The second kappa shape index (κ2) is 4.50. The van der Waals surface area contributed by atoms with Crippen LogP contribution in [0, 0.1) is 5.82 Å². The van der Waals surface area contributed by atoms with Gasteiger partial charge in [-0.15, -0.1) is 0 Å². The van der Waals surface area contributed by atoms with Gasteiger partial charge < -0.3 is 4.42 Å². The first-order chi connectivity index (χ1) is 9.13. The zero-order chi connectivity index (χ0) is 13.4. The fourth-order valence-electron chi connectivity index (χ4n) is 2.02. The predicted molar refractivity (Wildman–Crippen MR) is 73.5 cm³/mol. The molecule has 0 atom stereocenters. The Morgan fingerprint density at radius 3 is 2.47 bits per heavy atom. The Morgan fingerprint density at radius 2 is 1.79 bits per heavy atom. The van der Waals surface area contributed by atoms with Crippen LogP contribution >= 0.6 is 0 Å². The second-order valence-corrected chi connectivity index (χ2v) is 4.91. The summed E-state index contributed by atoms with van der Waals surface area (Å²) in [6.45, 7) is 4.27. The maximum atomic E-state index is 12.9. The van der Waals surface area contributed by atoms with Gasteiger partial charge in [0.15, 0.2) is 5.58 Å². The summed E-state index contributed by atoms with van der Waals surface area (Å²) in [7, 11) is 0. The predicted octanol–water partition coefficient (Wildman–Crippen LogP) is 4.76. The van der Waals surface area contributed by atoms with E-state index in [2.05, 4.69) is 24.9 Å². The van der Waals surface area contributed by atoms with Crippen molar-refractivity contribution in [2.75, 3.05) is 0 Å². The standard InChI is InChI=1S/C16H14FNO/c1-10(2)12-5-8-14-15(9-12)19-16(18-14)11-3-6-13(17)7-4-11/h3-10H,1-2H3. The molecule has 0 radical (unpaired) electrons. The number of hydrogen-bond donors (Lipinski definition) is 0. The van der Waals surface area contributed by atoms with E-state index in [1.165, 1.54) is 17.7 Å². The number of halogens is 1. The van der Waals surface area contributed by atoms with Gasteiger partial charge in [0.05, 0.1) is 0 Å². The normalized spacial score (nSPS) is 11.4. The van der Waals surface area contributed by atoms with Crippen molar-refractivity contribution in [3.05, 3.63) is 53.8 Å². The van der Waals surface area contributed by atoms with Crippen molar-refractivity contribution in [3.63, 3.8) is 0 Å². The molecule has 1 aromatic heterocycles. The number of fused-ring (bicyclic) bond motifs is 1. The van der Waals surface area contributed by atoms with Crippen LogP contribution in [0.15, 0.2) is 46.9 Å².